The number of hydrogen-bond donors (Lipinski definition) is 0. The van der Waals surface area contributed by atoms with E-state index in [2.05, 4.69) is 39.5 Å². The lowest BCUT2D eigenvalue weighted by Crippen LogP contribution is -2.72. The molecule has 4 bridgehead atoms. The van der Waals surface area contributed by atoms with Gasteiger partial charge in [-0.15, -0.1) is 0 Å². The van der Waals surface area contributed by atoms with Crippen molar-refractivity contribution in [2.45, 2.75) is 32.1 Å². The van der Waals surface area contributed by atoms with Gasteiger partial charge in [0.2, 0.25) is 0 Å². The molecule has 4 aliphatic heterocycles. The minimum atomic E-state index is -4.39. The van der Waals surface area contributed by atoms with E-state index in [0.717, 1.165) is 50.0 Å². The molecule has 4 heterocycles. The molecule has 31 heavy (non-hydrogen) atoms. The first-order valence-electron chi connectivity index (χ1n) is 10.6. The molecular formula is C23H27F3N4O. The third-order valence-corrected chi connectivity index (χ3v) is 6.46. The van der Waals surface area contributed by atoms with Gasteiger partial charge in [-0.3, -0.25) is 19.6 Å². The number of rotatable bonds is 4. The van der Waals surface area contributed by atoms with Gasteiger partial charge in [0.05, 0.1) is 52.2 Å². The molecule has 166 valence electrons. The van der Waals surface area contributed by atoms with Crippen molar-refractivity contribution in [1.29, 1.82) is 0 Å². The normalized spacial score (nSPS) is 29.6. The van der Waals surface area contributed by atoms with Crippen LogP contribution in [0.25, 0.3) is 11.1 Å². The van der Waals surface area contributed by atoms with Crippen LogP contribution in [0.3, 0.4) is 0 Å². The fourth-order valence-electron chi connectivity index (χ4n) is 5.10. The van der Waals surface area contributed by atoms with Crippen molar-refractivity contribution in [3.8, 4) is 16.9 Å². The molecule has 2 aromatic rings. The van der Waals surface area contributed by atoms with Crippen LogP contribution in [0.1, 0.15) is 42.6 Å². The maximum absolute atomic E-state index is 13.7. The molecule has 0 unspecified atom stereocenters. The Balaban J connectivity index is 1.68. The van der Waals surface area contributed by atoms with Crippen LogP contribution in [0.15, 0.2) is 36.4 Å². The fourth-order valence-corrected chi connectivity index (χ4v) is 5.10. The molecule has 6 rings (SSSR count). The molecule has 4 fully saturated rings. The van der Waals surface area contributed by atoms with Gasteiger partial charge in [-0.05, 0) is 46.9 Å². The van der Waals surface area contributed by atoms with Crippen LogP contribution < -0.4 is 4.74 Å². The summed E-state index contributed by atoms with van der Waals surface area (Å²) in [6.07, 6.45) is -4.58. The molecule has 4 saturated heterocycles. The summed E-state index contributed by atoms with van der Waals surface area (Å²) in [7, 11) is 1.61. The molecule has 5 nitrogen and oxygen atoms in total. The summed E-state index contributed by atoms with van der Waals surface area (Å²) < 4.78 is 46.7. The second-order valence-electron chi connectivity index (χ2n) is 9.01. The Labute approximate surface area is 180 Å². The monoisotopic (exact) mass is 432 g/mol. The summed E-state index contributed by atoms with van der Waals surface area (Å²) in [6, 6.07) is 10.1. The van der Waals surface area contributed by atoms with Gasteiger partial charge in [0.15, 0.2) is 0 Å². The average Bonchev–Trinajstić information content (AvgIpc) is 2.71. The first-order chi connectivity index (χ1) is 14.7. The Morgan fingerprint density at radius 1 is 0.871 bits per heavy atom. The first kappa shape index (κ1) is 20.8. The quantitative estimate of drug-likeness (QED) is 0.706. The summed E-state index contributed by atoms with van der Waals surface area (Å²) in [5.74, 6) is 0.976. The van der Waals surface area contributed by atoms with Crippen molar-refractivity contribution in [2.75, 3.05) is 40.5 Å². The minimum Gasteiger partial charge on any atom is -0.496 e. The molecule has 0 atom stereocenters. The largest absolute Gasteiger partial charge is 0.496 e. The van der Waals surface area contributed by atoms with Crippen molar-refractivity contribution >= 4 is 0 Å². The van der Waals surface area contributed by atoms with Crippen LogP contribution in [0.2, 0.25) is 0 Å². The number of ether oxygens (including phenoxy) is 1. The van der Waals surface area contributed by atoms with Crippen molar-refractivity contribution in [3.05, 3.63) is 53.1 Å². The Morgan fingerprint density at radius 2 is 1.52 bits per heavy atom. The Kier molecular flexibility index (Phi) is 5.01. The lowest BCUT2D eigenvalue weighted by molar-refractivity contribution is -0.233. The molecule has 0 radical (unpaired) electrons. The molecule has 0 saturated carbocycles. The number of hydrogen-bond acceptors (Lipinski definition) is 5. The number of halogens is 3. The minimum absolute atomic E-state index is 0.197. The van der Waals surface area contributed by atoms with Gasteiger partial charge >= 0.3 is 6.18 Å². The number of benzene rings is 2. The van der Waals surface area contributed by atoms with Crippen molar-refractivity contribution in [1.82, 2.24) is 19.6 Å². The standard InChI is InChI=1S/C23H27F3N4O/c1-15(2)16-4-7-21(31-3)19(8-16)18-6-5-17(23(24,25)26)9-20(18)22-29-11-27-10-28(13-29)14-30(22)12-27/h4-9,15,22H,10-14H2,1-3H3. The maximum Gasteiger partial charge on any atom is 0.416 e. The van der Waals surface area contributed by atoms with E-state index >= 15 is 0 Å². The number of nitrogens with zero attached hydrogens (tertiary/aromatic N) is 4. The second-order valence-corrected chi connectivity index (χ2v) is 9.01. The Morgan fingerprint density at radius 3 is 2.06 bits per heavy atom. The molecule has 2 aromatic carbocycles. The SMILES string of the molecule is COc1ccc(C(C)C)cc1-c1ccc(C(F)(F)F)cc1C1N2CN3CN(C2)CN1C3. The van der Waals surface area contributed by atoms with E-state index in [0.29, 0.717) is 17.2 Å². The van der Waals surface area contributed by atoms with E-state index in [-0.39, 0.29) is 6.17 Å². The van der Waals surface area contributed by atoms with E-state index in [1.807, 2.05) is 12.1 Å². The van der Waals surface area contributed by atoms with Gasteiger partial charge in [0, 0.05) is 5.56 Å². The molecule has 0 aliphatic carbocycles. The molecule has 8 heteroatoms. The predicted octanol–water partition coefficient (Wildman–Crippen LogP) is 4.54. The zero-order valence-corrected chi connectivity index (χ0v) is 18.0. The summed E-state index contributed by atoms with van der Waals surface area (Å²) in [5.41, 5.74) is 2.85. The van der Waals surface area contributed by atoms with Crippen LogP contribution >= 0.6 is 0 Å². The highest BCUT2D eigenvalue weighted by atomic mass is 19.4. The van der Waals surface area contributed by atoms with Crippen molar-refractivity contribution < 1.29 is 17.9 Å². The lowest BCUT2D eigenvalue weighted by Gasteiger charge is -2.60. The molecule has 0 N–H and O–H groups in total. The van der Waals surface area contributed by atoms with Crippen LogP contribution in [0.4, 0.5) is 13.2 Å². The summed E-state index contributed by atoms with van der Waals surface area (Å²) in [5, 5.41) is 0. The van der Waals surface area contributed by atoms with Gasteiger partial charge in [-0.25, -0.2) is 0 Å². The third-order valence-electron chi connectivity index (χ3n) is 6.46. The van der Waals surface area contributed by atoms with E-state index in [4.69, 9.17) is 4.74 Å². The summed E-state index contributed by atoms with van der Waals surface area (Å²) in [6.45, 7) is 8.17. The third kappa shape index (κ3) is 3.61. The van der Waals surface area contributed by atoms with Crippen LogP contribution in [-0.2, 0) is 6.18 Å². The molecular weight excluding hydrogens is 405 g/mol. The van der Waals surface area contributed by atoms with Gasteiger partial charge < -0.3 is 4.74 Å². The average molecular weight is 432 g/mol. The topological polar surface area (TPSA) is 22.2 Å². The Bertz CT molecular complexity index is 963. The smallest absolute Gasteiger partial charge is 0.416 e. The zero-order chi connectivity index (χ0) is 21.9. The summed E-state index contributed by atoms with van der Waals surface area (Å²) in [4.78, 5) is 9.09. The molecule has 4 aliphatic rings. The van der Waals surface area contributed by atoms with E-state index < -0.39 is 11.7 Å². The van der Waals surface area contributed by atoms with Gasteiger partial charge in [0.1, 0.15) is 5.75 Å². The highest BCUT2D eigenvalue weighted by Crippen LogP contribution is 2.44. The van der Waals surface area contributed by atoms with Gasteiger partial charge in [0.25, 0.3) is 0 Å². The van der Waals surface area contributed by atoms with E-state index in [9.17, 15) is 13.2 Å². The van der Waals surface area contributed by atoms with Crippen LogP contribution in [0.5, 0.6) is 5.75 Å². The van der Waals surface area contributed by atoms with Gasteiger partial charge in [-0.1, -0.05) is 26.0 Å². The second kappa shape index (κ2) is 7.48. The van der Waals surface area contributed by atoms with E-state index in [1.54, 1.807) is 13.2 Å². The number of methoxy groups -OCH3 is 1. The highest BCUT2D eigenvalue weighted by Gasteiger charge is 2.45. The highest BCUT2D eigenvalue weighted by molar-refractivity contribution is 5.75. The number of alkyl halides is 3. The maximum atomic E-state index is 13.7. The molecule has 0 spiro atoms. The van der Waals surface area contributed by atoms with Crippen LogP contribution in [0, 0.1) is 0 Å². The summed E-state index contributed by atoms with van der Waals surface area (Å²) >= 11 is 0. The van der Waals surface area contributed by atoms with Gasteiger partial charge in [-0.2, -0.15) is 13.2 Å². The van der Waals surface area contributed by atoms with Crippen molar-refractivity contribution in [3.63, 3.8) is 0 Å². The first-order valence-corrected chi connectivity index (χ1v) is 10.6. The van der Waals surface area contributed by atoms with Crippen molar-refractivity contribution in [2.24, 2.45) is 0 Å². The zero-order valence-electron chi connectivity index (χ0n) is 18.0. The predicted molar refractivity (Wildman–Crippen MR) is 112 cm³/mol. The Hall–Kier alpha value is -2.13. The van der Waals surface area contributed by atoms with E-state index in [1.165, 1.54) is 12.1 Å². The fraction of sp³-hybridized carbons (Fsp3) is 0.478. The lowest BCUT2D eigenvalue weighted by atomic mass is 9.90. The molecule has 0 aromatic heterocycles. The van der Waals surface area contributed by atoms with Crippen LogP contribution in [-0.4, -0.2) is 60.1 Å². The molecule has 0 amide bonds.